The van der Waals surface area contributed by atoms with Crippen LogP contribution < -0.4 is 4.90 Å². The number of thiophene rings is 1. The van der Waals surface area contributed by atoms with Gasteiger partial charge in [0.1, 0.15) is 0 Å². The highest BCUT2D eigenvalue weighted by Crippen LogP contribution is 2.46. The van der Waals surface area contributed by atoms with Crippen LogP contribution in [0.4, 0.5) is 17.1 Å². The third kappa shape index (κ3) is 3.49. The molecule has 0 amide bonds. The lowest BCUT2D eigenvalue weighted by Gasteiger charge is -2.28. The maximum absolute atomic E-state index is 2.44. The molecule has 8 aromatic carbocycles. The third-order valence-corrected chi connectivity index (χ3v) is 9.74. The van der Waals surface area contributed by atoms with Gasteiger partial charge in [-0.05, 0) is 80.2 Å². The van der Waals surface area contributed by atoms with E-state index >= 15 is 0 Å². The summed E-state index contributed by atoms with van der Waals surface area (Å²) in [6.45, 7) is 0. The largest absolute Gasteiger partial charge is 0.310 e. The Morgan fingerprint density at radius 3 is 1.81 bits per heavy atom. The summed E-state index contributed by atoms with van der Waals surface area (Å²) in [5.41, 5.74) is 3.49. The lowest BCUT2D eigenvalue weighted by Crippen LogP contribution is -2.10. The molecular weight excluding hydrogens is 527 g/mol. The van der Waals surface area contributed by atoms with Gasteiger partial charge in [-0.2, -0.15) is 0 Å². The molecule has 2 heteroatoms. The van der Waals surface area contributed by atoms with Crippen LogP contribution >= 0.6 is 11.3 Å². The summed E-state index contributed by atoms with van der Waals surface area (Å²) in [7, 11) is 0. The molecule has 0 saturated heterocycles. The van der Waals surface area contributed by atoms with Crippen LogP contribution in [0.15, 0.2) is 152 Å². The SMILES string of the molecule is c1ccc(N(c2ccc3sc4ccc5ccccc5c4c3c2)c2cc3c4ccccc4ccc3c3ccccc23)cc1. The van der Waals surface area contributed by atoms with Crippen molar-refractivity contribution in [3.63, 3.8) is 0 Å². The van der Waals surface area contributed by atoms with Gasteiger partial charge in [-0.1, -0.05) is 109 Å². The quantitative estimate of drug-likeness (QED) is 0.197. The van der Waals surface area contributed by atoms with Gasteiger partial charge in [0.2, 0.25) is 0 Å². The van der Waals surface area contributed by atoms with Crippen molar-refractivity contribution in [1.82, 2.24) is 0 Å². The van der Waals surface area contributed by atoms with Crippen LogP contribution in [0.3, 0.4) is 0 Å². The van der Waals surface area contributed by atoms with Crippen molar-refractivity contribution in [2.24, 2.45) is 0 Å². The molecule has 0 aliphatic heterocycles. The van der Waals surface area contributed by atoms with Gasteiger partial charge in [0.25, 0.3) is 0 Å². The maximum Gasteiger partial charge on any atom is 0.0546 e. The van der Waals surface area contributed by atoms with Crippen molar-refractivity contribution in [1.29, 1.82) is 0 Å². The molecule has 0 radical (unpaired) electrons. The van der Waals surface area contributed by atoms with E-state index in [1.165, 1.54) is 68.9 Å². The standard InChI is InChI=1S/C40H25NS/c1-2-12-28(13-3-1)41(29-20-23-38-36(24-29)40-31-15-7-5-11-27(31)19-22-39(40)42-38)37-25-35-30-14-6-4-10-26(30)18-21-33(35)32-16-8-9-17-34(32)37/h1-25H. The smallest absolute Gasteiger partial charge is 0.0546 e. The molecule has 9 rings (SSSR count). The fourth-order valence-corrected chi connectivity index (χ4v) is 7.81. The van der Waals surface area contributed by atoms with Crippen LogP contribution in [0.2, 0.25) is 0 Å². The summed E-state index contributed by atoms with van der Waals surface area (Å²) in [6, 6.07) is 55.5. The Morgan fingerprint density at radius 1 is 0.357 bits per heavy atom. The van der Waals surface area contributed by atoms with Gasteiger partial charge in [-0.25, -0.2) is 0 Å². The van der Waals surface area contributed by atoms with Gasteiger partial charge in [-0.3, -0.25) is 0 Å². The lowest BCUT2D eigenvalue weighted by atomic mass is 9.95. The number of hydrogen-bond acceptors (Lipinski definition) is 2. The van der Waals surface area contributed by atoms with Gasteiger partial charge in [-0.15, -0.1) is 11.3 Å². The molecule has 0 N–H and O–H groups in total. The molecule has 196 valence electrons. The number of fused-ring (bicyclic) bond motifs is 10. The summed E-state index contributed by atoms with van der Waals surface area (Å²) in [4.78, 5) is 2.44. The highest BCUT2D eigenvalue weighted by atomic mass is 32.1. The molecular formula is C40H25NS. The number of hydrogen-bond donors (Lipinski definition) is 0. The molecule has 0 spiro atoms. The predicted octanol–water partition coefficient (Wildman–Crippen LogP) is 12.1. The van der Waals surface area contributed by atoms with E-state index in [0.29, 0.717) is 0 Å². The van der Waals surface area contributed by atoms with Crippen molar-refractivity contribution in [2.75, 3.05) is 4.90 Å². The Balaban J connectivity index is 1.39. The first-order valence-electron chi connectivity index (χ1n) is 14.4. The van der Waals surface area contributed by atoms with E-state index in [1.807, 2.05) is 11.3 Å². The molecule has 0 fully saturated rings. The van der Waals surface area contributed by atoms with Crippen molar-refractivity contribution < 1.29 is 0 Å². The van der Waals surface area contributed by atoms with Crippen LogP contribution in [0.1, 0.15) is 0 Å². The minimum Gasteiger partial charge on any atom is -0.310 e. The van der Waals surface area contributed by atoms with E-state index in [2.05, 4.69) is 157 Å². The van der Waals surface area contributed by atoms with E-state index in [1.54, 1.807) is 0 Å². The monoisotopic (exact) mass is 551 g/mol. The summed E-state index contributed by atoms with van der Waals surface area (Å²) in [5.74, 6) is 0. The topological polar surface area (TPSA) is 3.24 Å². The Morgan fingerprint density at radius 2 is 0.976 bits per heavy atom. The molecule has 42 heavy (non-hydrogen) atoms. The average Bonchev–Trinajstić information content (AvgIpc) is 3.44. The zero-order chi connectivity index (χ0) is 27.6. The second kappa shape index (κ2) is 9.17. The van der Waals surface area contributed by atoms with Gasteiger partial charge < -0.3 is 4.90 Å². The zero-order valence-corrected chi connectivity index (χ0v) is 23.6. The number of rotatable bonds is 3. The number of anilines is 3. The fraction of sp³-hybridized carbons (Fsp3) is 0. The van der Waals surface area contributed by atoms with Gasteiger partial charge >= 0.3 is 0 Å². The summed E-state index contributed by atoms with van der Waals surface area (Å²) >= 11 is 1.88. The Hall–Kier alpha value is -5.18. The van der Waals surface area contributed by atoms with E-state index < -0.39 is 0 Å². The van der Waals surface area contributed by atoms with Crippen molar-refractivity contribution in [3.05, 3.63) is 152 Å². The maximum atomic E-state index is 2.44. The van der Waals surface area contributed by atoms with E-state index in [0.717, 1.165) is 11.4 Å². The first kappa shape index (κ1) is 23.5. The van der Waals surface area contributed by atoms with Crippen LogP contribution in [-0.2, 0) is 0 Å². The summed E-state index contributed by atoms with van der Waals surface area (Å²) in [5, 5.41) is 12.8. The number of benzene rings is 8. The Bertz CT molecular complexity index is 2470. The van der Waals surface area contributed by atoms with Crippen LogP contribution in [-0.4, -0.2) is 0 Å². The normalized spacial score (nSPS) is 11.8. The summed E-state index contributed by atoms with van der Waals surface area (Å²) < 4.78 is 2.64. The van der Waals surface area contributed by atoms with Crippen molar-refractivity contribution in [2.45, 2.75) is 0 Å². The van der Waals surface area contributed by atoms with Gasteiger partial charge in [0.15, 0.2) is 0 Å². The number of para-hydroxylation sites is 1. The molecule has 0 atom stereocenters. The Labute approximate surface area is 247 Å². The molecule has 0 aliphatic carbocycles. The lowest BCUT2D eigenvalue weighted by molar-refractivity contribution is 1.31. The highest BCUT2D eigenvalue weighted by molar-refractivity contribution is 7.26. The average molecular weight is 552 g/mol. The number of nitrogens with zero attached hydrogens (tertiary/aromatic N) is 1. The second-order valence-electron chi connectivity index (χ2n) is 10.9. The second-order valence-corrected chi connectivity index (χ2v) is 12.0. The van der Waals surface area contributed by atoms with Crippen molar-refractivity contribution >= 4 is 91.7 Å². The predicted molar refractivity (Wildman–Crippen MR) is 184 cm³/mol. The van der Waals surface area contributed by atoms with E-state index in [9.17, 15) is 0 Å². The molecule has 9 aromatic rings. The molecule has 1 nitrogen and oxygen atoms in total. The Kier molecular flexibility index (Phi) is 5.13. The van der Waals surface area contributed by atoms with Gasteiger partial charge in [0.05, 0.1) is 5.69 Å². The molecule has 0 aliphatic rings. The minimum absolute atomic E-state index is 1.14. The van der Waals surface area contributed by atoms with Crippen LogP contribution in [0.25, 0.3) is 63.3 Å². The molecule has 1 heterocycles. The molecule has 0 saturated carbocycles. The highest BCUT2D eigenvalue weighted by Gasteiger charge is 2.19. The van der Waals surface area contributed by atoms with Crippen molar-refractivity contribution in [3.8, 4) is 0 Å². The minimum atomic E-state index is 1.14. The molecule has 1 aromatic heterocycles. The van der Waals surface area contributed by atoms with Crippen LogP contribution in [0, 0.1) is 0 Å². The first-order chi connectivity index (χ1) is 20.8. The molecule has 0 unspecified atom stereocenters. The van der Waals surface area contributed by atoms with E-state index in [-0.39, 0.29) is 0 Å². The van der Waals surface area contributed by atoms with Gasteiger partial charge in [0, 0.05) is 36.9 Å². The summed E-state index contributed by atoms with van der Waals surface area (Å²) in [6.07, 6.45) is 0. The van der Waals surface area contributed by atoms with Crippen LogP contribution in [0.5, 0.6) is 0 Å². The first-order valence-corrected chi connectivity index (χ1v) is 15.2. The molecule has 0 bridgehead atoms. The zero-order valence-electron chi connectivity index (χ0n) is 22.8. The fourth-order valence-electron chi connectivity index (χ4n) is 6.71. The van der Waals surface area contributed by atoms with E-state index in [4.69, 9.17) is 0 Å². The third-order valence-electron chi connectivity index (χ3n) is 8.60.